The number of ether oxygens (including phenoxy) is 5. The first kappa shape index (κ1) is 30.9. The minimum absolute atomic E-state index is 0.101. The first-order valence-corrected chi connectivity index (χ1v) is 14.2. The molecule has 1 rings (SSSR count). The monoisotopic (exact) mass is 498 g/mol. The smallest absolute Gasteiger partial charge is 0.377 e. The molecule has 0 amide bonds. The molecule has 1 saturated heterocycles. The zero-order chi connectivity index (χ0) is 23.9. The molecule has 2 atom stereocenters. The molecule has 0 aromatic heterocycles. The summed E-state index contributed by atoms with van der Waals surface area (Å²) in [6.07, 6.45) is 11.4. The van der Waals surface area contributed by atoms with Crippen LogP contribution in [0.15, 0.2) is 0 Å². The highest BCUT2D eigenvalue weighted by atomic mass is 31.2. The number of phosphoric acid groups is 1. The van der Waals surface area contributed by atoms with Gasteiger partial charge in [-0.2, -0.15) is 0 Å². The molecule has 10 heteroatoms. The van der Waals surface area contributed by atoms with E-state index in [9.17, 15) is 9.46 Å². The van der Waals surface area contributed by atoms with Gasteiger partial charge < -0.3 is 28.6 Å². The maximum absolute atomic E-state index is 12.2. The van der Waals surface area contributed by atoms with Crippen molar-refractivity contribution in [3.8, 4) is 0 Å². The molecule has 1 heterocycles. The van der Waals surface area contributed by atoms with Gasteiger partial charge in [0.25, 0.3) is 0 Å². The summed E-state index contributed by atoms with van der Waals surface area (Å²) in [6.45, 7) is 6.08. The molecular weight excluding hydrogens is 451 g/mol. The van der Waals surface area contributed by atoms with Crippen molar-refractivity contribution < 1.29 is 42.2 Å². The predicted octanol–water partition coefficient (Wildman–Crippen LogP) is 4.51. The van der Waals surface area contributed by atoms with E-state index in [2.05, 4.69) is 6.92 Å². The summed E-state index contributed by atoms with van der Waals surface area (Å²) < 4.78 is 49.8. The van der Waals surface area contributed by atoms with Crippen molar-refractivity contribution in [2.24, 2.45) is 0 Å². The summed E-state index contributed by atoms with van der Waals surface area (Å²) in [7, 11) is -4.12. The summed E-state index contributed by atoms with van der Waals surface area (Å²) in [5.74, 6) is 0. The zero-order valence-electron chi connectivity index (χ0n) is 20.6. The molecule has 0 spiro atoms. The van der Waals surface area contributed by atoms with Crippen molar-refractivity contribution in [2.75, 3.05) is 72.7 Å². The normalized spacial score (nSPS) is 21.7. The fourth-order valence-electron chi connectivity index (χ4n) is 3.28. The Morgan fingerprint density at radius 2 is 1.18 bits per heavy atom. The summed E-state index contributed by atoms with van der Waals surface area (Å²) in [4.78, 5) is 9.95. The van der Waals surface area contributed by atoms with Crippen molar-refractivity contribution in [1.82, 2.24) is 0 Å². The highest BCUT2D eigenvalue weighted by Gasteiger charge is 2.23. The van der Waals surface area contributed by atoms with Gasteiger partial charge in [0.15, 0.2) is 0 Å². The van der Waals surface area contributed by atoms with Crippen molar-refractivity contribution >= 4 is 7.82 Å². The second kappa shape index (κ2) is 22.4. The molecule has 2 unspecified atom stereocenters. The molecule has 1 aliphatic rings. The lowest BCUT2D eigenvalue weighted by Crippen LogP contribution is -2.28. The third-order valence-corrected chi connectivity index (χ3v) is 6.16. The standard InChI is InChI=1S/C23H47O9P/c1-2-3-4-5-6-7-8-9-10-11-12-31-33(24,25)32-22-23-21-29-18-17-27-14-13-26-15-16-28-19-20-30-23/h23H,2-22H2,1H3,(H,24,25). The van der Waals surface area contributed by atoms with Gasteiger partial charge in [0, 0.05) is 0 Å². The quantitative estimate of drug-likeness (QED) is 0.258. The maximum Gasteiger partial charge on any atom is 0.472 e. The van der Waals surface area contributed by atoms with E-state index >= 15 is 0 Å². The summed E-state index contributed by atoms with van der Waals surface area (Å²) >= 11 is 0. The van der Waals surface area contributed by atoms with Gasteiger partial charge in [-0.3, -0.25) is 9.05 Å². The Labute approximate surface area is 200 Å². The van der Waals surface area contributed by atoms with E-state index in [4.69, 9.17) is 32.7 Å². The molecule has 0 aliphatic carbocycles. The van der Waals surface area contributed by atoms with Crippen molar-refractivity contribution in [3.63, 3.8) is 0 Å². The molecule has 198 valence electrons. The van der Waals surface area contributed by atoms with E-state index in [1.165, 1.54) is 44.9 Å². The highest BCUT2D eigenvalue weighted by molar-refractivity contribution is 7.47. The number of hydrogen-bond donors (Lipinski definition) is 1. The summed E-state index contributed by atoms with van der Waals surface area (Å²) in [5, 5.41) is 0. The van der Waals surface area contributed by atoms with Gasteiger partial charge in [0.2, 0.25) is 0 Å². The molecule has 1 N–H and O–H groups in total. The van der Waals surface area contributed by atoms with Crippen molar-refractivity contribution in [1.29, 1.82) is 0 Å². The zero-order valence-corrected chi connectivity index (χ0v) is 21.5. The third kappa shape index (κ3) is 21.0. The van der Waals surface area contributed by atoms with Crippen LogP contribution in [0.25, 0.3) is 0 Å². The Balaban J connectivity index is 2.14. The lowest BCUT2D eigenvalue weighted by Gasteiger charge is -2.20. The predicted molar refractivity (Wildman–Crippen MR) is 127 cm³/mol. The summed E-state index contributed by atoms with van der Waals surface area (Å²) in [5.41, 5.74) is 0. The Bertz CT molecular complexity index is 451. The Hall–Kier alpha value is -0.0900. The van der Waals surface area contributed by atoms with E-state index in [1.54, 1.807) is 0 Å². The first-order valence-electron chi connectivity index (χ1n) is 12.7. The van der Waals surface area contributed by atoms with Gasteiger partial charge in [0.1, 0.15) is 6.10 Å². The minimum atomic E-state index is -4.12. The van der Waals surface area contributed by atoms with Gasteiger partial charge in [-0.25, -0.2) is 4.57 Å². The van der Waals surface area contributed by atoms with Gasteiger partial charge in [-0.05, 0) is 6.42 Å². The minimum Gasteiger partial charge on any atom is -0.377 e. The average molecular weight is 499 g/mol. The van der Waals surface area contributed by atoms with Gasteiger partial charge in [-0.15, -0.1) is 0 Å². The lowest BCUT2D eigenvalue weighted by atomic mass is 10.1. The topological polar surface area (TPSA) is 102 Å². The second-order valence-corrected chi connectivity index (χ2v) is 9.64. The van der Waals surface area contributed by atoms with Crippen molar-refractivity contribution in [2.45, 2.75) is 77.2 Å². The van der Waals surface area contributed by atoms with Crippen LogP contribution in [0.5, 0.6) is 0 Å². The largest absolute Gasteiger partial charge is 0.472 e. The fraction of sp³-hybridized carbons (Fsp3) is 1.00. The first-order chi connectivity index (χ1) is 16.1. The van der Waals surface area contributed by atoms with E-state index in [1.807, 2.05) is 0 Å². The Morgan fingerprint density at radius 3 is 1.76 bits per heavy atom. The van der Waals surface area contributed by atoms with Crippen LogP contribution in [-0.2, 0) is 37.3 Å². The molecule has 33 heavy (non-hydrogen) atoms. The SMILES string of the molecule is CCCCCCCCCCCCOP(=O)(O)OCC1COCCOCCOCCOCCO1. The van der Waals surface area contributed by atoms with Crippen LogP contribution in [0.4, 0.5) is 0 Å². The molecular formula is C23H47O9P. The molecule has 0 radical (unpaired) electrons. The number of unbranched alkanes of at least 4 members (excludes halogenated alkanes) is 9. The lowest BCUT2D eigenvalue weighted by molar-refractivity contribution is -0.0644. The van der Waals surface area contributed by atoms with E-state index in [0.29, 0.717) is 52.9 Å². The summed E-state index contributed by atoms with van der Waals surface area (Å²) in [6, 6.07) is 0. The molecule has 9 nitrogen and oxygen atoms in total. The third-order valence-electron chi connectivity index (χ3n) is 5.18. The molecule has 1 fully saturated rings. The fourth-order valence-corrected chi connectivity index (χ4v) is 4.07. The molecule has 0 aromatic carbocycles. The van der Waals surface area contributed by atoms with Crippen LogP contribution in [0.2, 0.25) is 0 Å². The molecule has 0 aromatic rings. The van der Waals surface area contributed by atoms with Crippen LogP contribution >= 0.6 is 7.82 Å². The van der Waals surface area contributed by atoms with Gasteiger partial charge in [-0.1, -0.05) is 64.7 Å². The van der Waals surface area contributed by atoms with Crippen LogP contribution in [0, 0.1) is 0 Å². The Kier molecular flexibility index (Phi) is 21.0. The molecule has 1 aliphatic heterocycles. The average Bonchev–Trinajstić information content (AvgIpc) is 2.81. The number of rotatable bonds is 15. The number of phosphoric ester groups is 1. The molecule has 0 saturated carbocycles. The van der Waals surface area contributed by atoms with Gasteiger partial charge in [0.05, 0.1) is 72.7 Å². The van der Waals surface area contributed by atoms with Crippen LogP contribution < -0.4 is 0 Å². The second-order valence-electron chi connectivity index (χ2n) is 8.18. The van der Waals surface area contributed by atoms with E-state index < -0.39 is 13.9 Å². The van der Waals surface area contributed by atoms with E-state index in [-0.39, 0.29) is 19.8 Å². The van der Waals surface area contributed by atoms with E-state index in [0.717, 1.165) is 19.3 Å². The molecule has 0 bridgehead atoms. The highest BCUT2D eigenvalue weighted by Crippen LogP contribution is 2.43. The van der Waals surface area contributed by atoms with Crippen LogP contribution in [-0.4, -0.2) is 83.7 Å². The van der Waals surface area contributed by atoms with Crippen LogP contribution in [0.3, 0.4) is 0 Å². The Morgan fingerprint density at radius 1 is 0.697 bits per heavy atom. The van der Waals surface area contributed by atoms with Gasteiger partial charge >= 0.3 is 7.82 Å². The maximum atomic E-state index is 12.2. The number of hydrogen-bond acceptors (Lipinski definition) is 8. The van der Waals surface area contributed by atoms with Crippen molar-refractivity contribution in [3.05, 3.63) is 0 Å². The van der Waals surface area contributed by atoms with Crippen LogP contribution in [0.1, 0.15) is 71.1 Å².